The summed E-state index contributed by atoms with van der Waals surface area (Å²) >= 11 is 0. The smallest absolute Gasteiger partial charge is 0.211 e. The molecule has 0 amide bonds. The maximum absolute atomic E-state index is 13.0. The highest BCUT2D eigenvalue weighted by atomic mass is 19.1. The van der Waals surface area contributed by atoms with Crippen LogP contribution in [0.4, 0.5) is 4.39 Å². The van der Waals surface area contributed by atoms with E-state index in [-0.39, 0.29) is 11.4 Å². The number of hydrogen-bond acceptors (Lipinski definition) is 1. The van der Waals surface area contributed by atoms with Crippen LogP contribution in [0.5, 0.6) is 0 Å². The van der Waals surface area contributed by atoms with E-state index in [1.807, 2.05) is 27.7 Å². The molecule has 0 spiro atoms. The van der Waals surface area contributed by atoms with Crippen LogP contribution in [-0.2, 0) is 12.0 Å². The molecule has 3 heteroatoms. The van der Waals surface area contributed by atoms with Crippen molar-refractivity contribution in [3.8, 4) is 0 Å². The van der Waals surface area contributed by atoms with Crippen LogP contribution in [0.15, 0.2) is 6.07 Å². The molecule has 0 saturated heterocycles. The maximum atomic E-state index is 13.0. The van der Waals surface area contributed by atoms with E-state index in [9.17, 15) is 4.39 Å². The van der Waals surface area contributed by atoms with Gasteiger partial charge in [0.1, 0.15) is 0 Å². The Labute approximate surface area is 72.4 Å². The second kappa shape index (κ2) is 2.88. The lowest BCUT2D eigenvalue weighted by Gasteiger charge is -2.13. The van der Waals surface area contributed by atoms with Gasteiger partial charge in [0.05, 0.1) is 5.69 Å². The van der Waals surface area contributed by atoms with Gasteiger partial charge in [-0.15, -0.1) is 0 Å². The topological polar surface area (TPSA) is 17.8 Å². The summed E-state index contributed by atoms with van der Waals surface area (Å²) < 4.78 is 14.4. The molecule has 0 saturated carbocycles. The van der Waals surface area contributed by atoms with E-state index in [1.165, 1.54) is 10.7 Å². The highest BCUT2D eigenvalue weighted by Crippen LogP contribution is 2.20. The molecular formula is C9H15FN2. The normalized spacial score (nSPS) is 12.1. The highest BCUT2D eigenvalue weighted by Gasteiger charge is 2.19. The molecule has 0 aliphatic heterocycles. The zero-order valence-electron chi connectivity index (χ0n) is 8.06. The van der Waals surface area contributed by atoms with E-state index in [0.29, 0.717) is 6.54 Å². The third-order valence-corrected chi connectivity index (χ3v) is 1.80. The molecule has 0 aliphatic rings. The van der Waals surface area contributed by atoms with Gasteiger partial charge in [-0.05, 0) is 6.92 Å². The Morgan fingerprint density at radius 3 is 2.33 bits per heavy atom. The van der Waals surface area contributed by atoms with Crippen molar-refractivity contribution in [2.24, 2.45) is 0 Å². The Balaban J connectivity index is 3.05. The molecule has 1 aromatic rings. The molecule has 0 atom stereocenters. The minimum Gasteiger partial charge on any atom is -0.240 e. The fourth-order valence-electron chi connectivity index (χ4n) is 0.982. The summed E-state index contributed by atoms with van der Waals surface area (Å²) in [6.07, 6.45) is 0. The molecule has 68 valence electrons. The van der Waals surface area contributed by atoms with Gasteiger partial charge in [-0.1, -0.05) is 20.8 Å². The molecule has 0 unspecified atom stereocenters. The van der Waals surface area contributed by atoms with E-state index >= 15 is 0 Å². The number of hydrogen-bond donors (Lipinski definition) is 0. The third-order valence-electron chi connectivity index (χ3n) is 1.80. The van der Waals surface area contributed by atoms with Crippen molar-refractivity contribution in [2.45, 2.75) is 39.7 Å². The molecule has 1 rings (SSSR count). The zero-order chi connectivity index (χ0) is 9.35. The number of halogens is 1. The summed E-state index contributed by atoms with van der Waals surface area (Å²) in [5.74, 6) is -0.248. The van der Waals surface area contributed by atoms with E-state index in [2.05, 4.69) is 5.10 Å². The predicted octanol–water partition coefficient (Wildman–Crippen LogP) is 2.34. The fraction of sp³-hybridized carbons (Fsp3) is 0.667. The van der Waals surface area contributed by atoms with Crippen LogP contribution in [-0.4, -0.2) is 9.78 Å². The van der Waals surface area contributed by atoms with Crippen LogP contribution in [0.2, 0.25) is 0 Å². The zero-order valence-corrected chi connectivity index (χ0v) is 8.06. The first kappa shape index (κ1) is 9.23. The highest BCUT2D eigenvalue weighted by molar-refractivity contribution is 5.11. The summed E-state index contributed by atoms with van der Waals surface area (Å²) in [6.45, 7) is 8.53. The molecule has 2 nitrogen and oxygen atoms in total. The van der Waals surface area contributed by atoms with Gasteiger partial charge in [-0.25, -0.2) is 4.68 Å². The Hall–Kier alpha value is -0.860. The summed E-state index contributed by atoms with van der Waals surface area (Å²) in [5.41, 5.74) is 0.739. The van der Waals surface area contributed by atoms with Crippen LogP contribution in [0.1, 0.15) is 33.4 Å². The Kier molecular flexibility index (Phi) is 2.22. The molecule has 0 radical (unpaired) electrons. The van der Waals surface area contributed by atoms with Crippen molar-refractivity contribution in [1.82, 2.24) is 9.78 Å². The number of nitrogens with zero attached hydrogens (tertiary/aromatic N) is 2. The van der Waals surface area contributed by atoms with Crippen molar-refractivity contribution in [3.05, 3.63) is 17.7 Å². The second-order valence-electron chi connectivity index (χ2n) is 3.92. The average Bonchev–Trinajstić information content (AvgIpc) is 2.29. The minimum absolute atomic E-state index is 0.0682. The molecule has 1 aromatic heterocycles. The number of rotatable bonds is 1. The van der Waals surface area contributed by atoms with Crippen LogP contribution in [0, 0.1) is 5.95 Å². The lowest BCUT2D eigenvalue weighted by Crippen LogP contribution is -2.12. The van der Waals surface area contributed by atoms with Gasteiger partial charge in [-0.3, -0.25) is 0 Å². The summed E-state index contributed by atoms with van der Waals surface area (Å²) in [7, 11) is 0. The van der Waals surface area contributed by atoms with Gasteiger partial charge >= 0.3 is 0 Å². The molecule has 0 aromatic carbocycles. The fourth-order valence-corrected chi connectivity index (χ4v) is 0.982. The van der Waals surface area contributed by atoms with Crippen molar-refractivity contribution in [1.29, 1.82) is 0 Å². The maximum Gasteiger partial charge on any atom is 0.211 e. The molecule has 1 heterocycles. The Bertz CT molecular complexity index is 271. The molecule has 0 aliphatic carbocycles. The second-order valence-corrected chi connectivity index (χ2v) is 3.92. The first-order valence-corrected chi connectivity index (χ1v) is 4.19. The molecule has 12 heavy (non-hydrogen) atoms. The van der Waals surface area contributed by atoms with E-state index in [4.69, 9.17) is 0 Å². The monoisotopic (exact) mass is 170 g/mol. The van der Waals surface area contributed by atoms with Gasteiger partial charge in [0.2, 0.25) is 5.95 Å². The lowest BCUT2D eigenvalue weighted by atomic mass is 9.93. The standard InChI is InChI=1S/C9H15FN2/c1-5-12-8(10)6-7(11-12)9(2,3)4/h6H,5H2,1-4H3. The Morgan fingerprint density at radius 2 is 2.08 bits per heavy atom. The largest absolute Gasteiger partial charge is 0.240 e. The van der Waals surface area contributed by atoms with E-state index in [1.54, 1.807) is 0 Å². The third kappa shape index (κ3) is 1.65. The number of aromatic nitrogens is 2. The van der Waals surface area contributed by atoms with E-state index < -0.39 is 0 Å². The lowest BCUT2D eigenvalue weighted by molar-refractivity contribution is 0.464. The van der Waals surface area contributed by atoms with Gasteiger partial charge in [-0.2, -0.15) is 9.49 Å². The SMILES string of the molecule is CCn1nc(C(C)(C)C)cc1F. The number of aryl methyl sites for hydroxylation is 1. The van der Waals surface area contributed by atoms with Crippen molar-refractivity contribution < 1.29 is 4.39 Å². The van der Waals surface area contributed by atoms with Crippen LogP contribution in [0.3, 0.4) is 0 Å². The molecule has 0 fully saturated rings. The molecule has 0 N–H and O–H groups in total. The summed E-state index contributed by atoms with van der Waals surface area (Å²) in [5, 5.41) is 4.14. The summed E-state index contributed by atoms with van der Waals surface area (Å²) in [6, 6.07) is 1.50. The Morgan fingerprint density at radius 1 is 1.50 bits per heavy atom. The first-order valence-electron chi connectivity index (χ1n) is 4.19. The predicted molar refractivity (Wildman–Crippen MR) is 46.6 cm³/mol. The van der Waals surface area contributed by atoms with Crippen molar-refractivity contribution in [3.63, 3.8) is 0 Å². The average molecular weight is 170 g/mol. The van der Waals surface area contributed by atoms with E-state index in [0.717, 1.165) is 5.69 Å². The summed E-state index contributed by atoms with van der Waals surface area (Å²) in [4.78, 5) is 0. The van der Waals surface area contributed by atoms with Gasteiger partial charge in [0, 0.05) is 18.0 Å². The van der Waals surface area contributed by atoms with Crippen LogP contribution >= 0.6 is 0 Å². The molecule has 0 bridgehead atoms. The quantitative estimate of drug-likeness (QED) is 0.632. The minimum atomic E-state index is -0.248. The first-order chi connectivity index (χ1) is 5.45. The van der Waals surface area contributed by atoms with Crippen LogP contribution < -0.4 is 0 Å². The van der Waals surface area contributed by atoms with Crippen molar-refractivity contribution >= 4 is 0 Å². The molecular weight excluding hydrogens is 155 g/mol. The van der Waals surface area contributed by atoms with Crippen molar-refractivity contribution in [2.75, 3.05) is 0 Å². The van der Waals surface area contributed by atoms with Gasteiger partial charge in [0.15, 0.2) is 0 Å². The van der Waals surface area contributed by atoms with Crippen LogP contribution in [0.25, 0.3) is 0 Å². The van der Waals surface area contributed by atoms with Gasteiger partial charge in [0.25, 0.3) is 0 Å². The van der Waals surface area contributed by atoms with Gasteiger partial charge < -0.3 is 0 Å².